The molecule has 1 heterocycles. The standard InChI is InChI=1S/C9H15NO2/c1-8(11)5-7-10-6-3-2-4-9(10)12/h2-7H2,1H3. The second kappa shape index (κ2) is 4.24. The van der Waals surface area contributed by atoms with E-state index >= 15 is 0 Å². The van der Waals surface area contributed by atoms with Gasteiger partial charge in [0.05, 0.1) is 0 Å². The highest BCUT2D eigenvalue weighted by Gasteiger charge is 2.17. The molecule has 0 N–H and O–H groups in total. The Labute approximate surface area is 72.7 Å². The van der Waals surface area contributed by atoms with Crippen LogP contribution in [0.1, 0.15) is 32.6 Å². The van der Waals surface area contributed by atoms with Crippen molar-refractivity contribution in [1.82, 2.24) is 4.90 Å². The van der Waals surface area contributed by atoms with Crippen molar-refractivity contribution in [2.45, 2.75) is 32.6 Å². The van der Waals surface area contributed by atoms with E-state index in [9.17, 15) is 9.59 Å². The summed E-state index contributed by atoms with van der Waals surface area (Å²) in [4.78, 5) is 23.7. The number of hydrogen-bond donors (Lipinski definition) is 0. The number of ketones is 1. The third kappa shape index (κ3) is 2.64. The molecule has 3 heteroatoms. The van der Waals surface area contributed by atoms with E-state index in [0.29, 0.717) is 19.4 Å². The minimum Gasteiger partial charge on any atom is -0.342 e. The van der Waals surface area contributed by atoms with Crippen LogP contribution in [0.5, 0.6) is 0 Å². The van der Waals surface area contributed by atoms with Crippen molar-refractivity contribution in [2.75, 3.05) is 13.1 Å². The number of likely N-dealkylation sites (tertiary alicyclic amines) is 1. The van der Waals surface area contributed by atoms with Crippen molar-refractivity contribution in [3.05, 3.63) is 0 Å². The van der Waals surface area contributed by atoms with Gasteiger partial charge in [-0.2, -0.15) is 0 Å². The smallest absolute Gasteiger partial charge is 0.222 e. The average molecular weight is 169 g/mol. The van der Waals surface area contributed by atoms with Crippen LogP contribution in [0.3, 0.4) is 0 Å². The van der Waals surface area contributed by atoms with Gasteiger partial charge in [-0.25, -0.2) is 0 Å². The van der Waals surface area contributed by atoms with Gasteiger partial charge in [0, 0.05) is 25.9 Å². The Balaban J connectivity index is 2.29. The largest absolute Gasteiger partial charge is 0.342 e. The van der Waals surface area contributed by atoms with Crippen LogP contribution in [0, 0.1) is 0 Å². The first-order valence-corrected chi connectivity index (χ1v) is 4.47. The molecule has 0 bridgehead atoms. The lowest BCUT2D eigenvalue weighted by atomic mass is 10.1. The summed E-state index contributed by atoms with van der Waals surface area (Å²) in [5.74, 6) is 0.371. The molecule has 1 fully saturated rings. The fraction of sp³-hybridized carbons (Fsp3) is 0.778. The summed E-state index contributed by atoms with van der Waals surface area (Å²) in [5.41, 5.74) is 0. The van der Waals surface area contributed by atoms with E-state index in [1.807, 2.05) is 0 Å². The zero-order chi connectivity index (χ0) is 8.97. The maximum absolute atomic E-state index is 11.2. The van der Waals surface area contributed by atoms with Gasteiger partial charge >= 0.3 is 0 Å². The van der Waals surface area contributed by atoms with Crippen molar-refractivity contribution in [3.63, 3.8) is 0 Å². The Morgan fingerprint density at radius 2 is 2.25 bits per heavy atom. The van der Waals surface area contributed by atoms with Crippen molar-refractivity contribution in [2.24, 2.45) is 0 Å². The predicted molar refractivity (Wildman–Crippen MR) is 45.7 cm³/mol. The summed E-state index contributed by atoms with van der Waals surface area (Å²) in [6, 6.07) is 0. The Hall–Kier alpha value is -0.860. The van der Waals surface area contributed by atoms with Gasteiger partial charge in [0.1, 0.15) is 5.78 Å². The molecule has 1 saturated heterocycles. The molecule has 1 aliphatic rings. The molecule has 0 atom stereocenters. The van der Waals surface area contributed by atoms with E-state index < -0.39 is 0 Å². The molecular formula is C9H15NO2. The van der Waals surface area contributed by atoms with E-state index in [1.165, 1.54) is 0 Å². The summed E-state index contributed by atoms with van der Waals surface area (Å²) in [7, 11) is 0. The number of nitrogens with zero attached hydrogens (tertiary/aromatic N) is 1. The summed E-state index contributed by atoms with van der Waals surface area (Å²) in [6.07, 6.45) is 3.27. The summed E-state index contributed by atoms with van der Waals surface area (Å²) < 4.78 is 0. The summed E-state index contributed by atoms with van der Waals surface area (Å²) in [5, 5.41) is 0. The fourth-order valence-corrected chi connectivity index (χ4v) is 1.39. The first-order valence-electron chi connectivity index (χ1n) is 4.47. The number of carbonyl (C=O) groups is 2. The Kier molecular flexibility index (Phi) is 3.26. The zero-order valence-corrected chi connectivity index (χ0v) is 7.51. The van der Waals surface area contributed by atoms with E-state index in [1.54, 1.807) is 11.8 Å². The van der Waals surface area contributed by atoms with Crippen LogP contribution in [0.25, 0.3) is 0 Å². The lowest BCUT2D eigenvalue weighted by molar-refractivity contribution is -0.133. The maximum Gasteiger partial charge on any atom is 0.222 e. The van der Waals surface area contributed by atoms with Gasteiger partial charge in [-0.1, -0.05) is 0 Å². The number of piperidine rings is 1. The maximum atomic E-state index is 11.2. The van der Waals surface area contributed by atoms with Crippen molar-refractivity contribution in [1.29, 1.82) is 0 Å². The van der Waals surface area contributed by atoms with Gasteiger partial charge in [0.2, 0.25) is 5.91 Å². The zero-order valence-electron chi connectivity index (χ0n) is 7.51. The molecule has 0 aromatic rings. The normalized spacial score (nSPS) is 18.1. The second-order valence-electron chi connectivity index (χ2n) is 3.29. The lowest BCUT2D eigenvalue weighted by Crippen LogP contribution is -2.36. The Morgan fingerprint density at radius 3 is 2.83 bits per heavy atom. The molecule has 0 aromatic carbocycles. The minimum atomic E-state index is 0.161. The van der Waals surface area contributed by atoms with E-state index in [2.05, 4.69) is 0 Å². The molecule has 12 heavy (non-hydrogen) atoms. The molecule has 68 valence electrons. The molecule has 1 aliphatic heterocycles. The molecule has 3 nitrogen and oxygen atoms in total. The molecule has 0 aliphatic carbocycles. The highest BCUT2D eigenvalue weighted by molar-refractivity contribution is 5.79. The molecular weight excluding hydrogens is 154 g/mol. The van der Waals surface area contributed by atoms with Gasteiger partial charge in [-0.05, 0) is 19.8 Å². The topological polar surface area (TPSA) is 37.4 Å². The SMILES string of the molecule is CC(=O)CCN1CCCCC1=O. The number of hydrogen-bond acceptors (Lipinski definition) is 2. The number of carbonyl (C=O) groups excluding carboxylic acids is 2. The van der Waals surface area contributed by atoms with Crippen molar-refractivity contribution < 1.29 is 9.59 Å². The number of amides is 1. The summed E-state index contributed by atoms with van der Waals surface area (Å²) >= 11 is 0. The van der Waals surface area contributed by atoms with E-state index in [0.717, 1.165) is 19.4 Å². The predicted octanol–water partition coefficient (Wildman–Crippen LogP) is 0.978. The third-order valence-corrected chi connectivity index (χ3v) is 2.16. The molecule has 1 rings (SSSR count). The quantitative estimate of drug-likeness (QED) is 0.631. The van der Waals surface area contributed by atoms with E-state index in [-0.39, 0.29) is 11.7 Å². The highest BCUT2D eigenvalue weighted by atomic mass is 16.2. The molecule has 0 radical (unpaired) electrons. The van der Waals surface area contributed by atoms with Gasteiger partial charge < -0.3 is 4.90 Å². The van der Waals surface area contributed by atoms with Crippen LogP contribution < -0.4 is 0 Å². The Bertz CT molecular complexity index is 189. The van der Waals surface area contributed by atoms with Crippen LogP contribution >= 0.6 is 0 Å². The van der Waals surface area contributed by atoms with Gasteiger partial charge in [-0.3, -0.25) is 9.59 Å². The lowest BCUT2D eigenvalue weighted by Gasteiger charge is -2.26. The minimum absolute atomic E-state index is 0.161. The van der Waals surface area contributed by atoms with Gasteiger partial charge in [0.25, 0.3) is 0 Å². The number of rotatable bonds is 3. The van der Waals surface area contributed by atoms with Crippen molar-refractivity contribution >= 4 is 11.7 Å². The van der Waals surface area contributed by atoms with Crippen LogP contribution in [0.15, 0.2) is 0 Å². The van der Waals surface area contributed by atoms with Crippen LogP contribution in [0.2, 0.25) is 0 Å². The fourth-order valence-electron chi connectivity index (χ4n) is 1.39. The summed E-state index contributed by atoms with van der Waals surface area (Å²) in [6.45, 7) is 3.02. The first kappa shape index (κ1) is 9.23. The van der Waals surface area contributed by atoms with Crippen molar-refractivity contribution in [3.8, 4) is 0 Å². The molecule has 1 amide bonds. The molecule has 0 saturated carbocycles. The van der Waals surface area contributed by atoms with Gasteiger partial charge in [-0.15, -0.1) is 0 Å². The third-order valence-electron chi connectivity index (χ3n) is 2.16. The average Bonchev–Trinajstić information content (AvgIpc) is 2.03. The highest BCUT2D eigenvalue weighted by Crippen LogP contribution is 2.10. The van der Waals surface area contributed by atoms with E-state index in [4.69, 9.17) is 0 Å². The second-order valence-corrected chi connectivity index (χ2v) is 3.29. The number of Topliss-reactive ketones (excluding diaryl/α,β-unsaturated/α-hetero) is 1. The molecule has 0 aromatic heterocycles. The van der Waals surface area contributed by atoms with Gasteiger partial charge in [0.15, 0.2) is 0 Å². The monoisotopic (exact) mass is 169 g/mol. The Morgan fingerprint density at radius 1 is 1.50 bits per heavy atom. The van der Waals surface area contributed by atoms with Crippen LogP contribution in [-0.4, -0.2) is 29.7 Å². The van der Waals surface area contributed by atoms with Crippen LogP contribution in [0.4, 0.5) is 0 Å². The van der Waals surface area contributed by atoms with Crippen LogP contribution in [-0.2, 0) is 9.59 Å². The molecule has 0 unspecified atom stereocenters. The molecule has 0 spiro atoms. The first-order chi connectivity index (χ1) is 5.70.